The zero-order chi connectivity index (χ0) is 10.7. The number of carbonyl (C=O) groups excluding carboxylic acids is 1. The Morgan fingerprint density at radius 2 is 2.07 bits per heavy atom. The number of rotatable bonds is 3. The monoisotopic (exact) mass is 208 g/mol. The largest absolute Gasteiger partial charge is 0.490 e. The number of hydrogen-bond donors (Lipinski definition) is 0. The molecular formula is C12H13FO2. The van der Waals surface area contributed by atoms with Crippen molar-refractivity contribution in [3.8, 4) is 5.75 Å². The van der Waals surface area contributed by atoms with Gasteiger partial charge in [0.15, 0.2) is 6.29 Å². The van der Waals surface area contributed by atoms with E-state index in [1.165, 1.54) is 6.07 Å². The minimum Gasteiger partial charge on any atom is -0.490 e. The summed E-state index contributed by atoms with van der Waals surface area (Å²) >= 11 is 0. The van der Waals surface area contributed by atoms with E-state index in [2.05, 4.69) is 0 Å². The van der Waals surface area contributed by atoms with Crippen LogP contribution < -0.4 is 4.74 Å². The highest BCUT2D eigenvalue weighted by atomic mass is 19.1. The van der Waals surface area contributed by atoms with Crippen LogP contribution in [0.5, 0.6) is 5.75 Å². The molecule has 1 fully saturated rings. The zero-order valence-electron chi connectivity index (χ0n) is 8.41. The van der Waals surface area contributed by atoms with Crippen molar-refractivity contribution in [3.05, 3.63) is 29.6 Å². The molecular weight excluding hydrogens is 195 g/mol. The number of aldehydes is 1. The van der Waals surface area contributed by atoms with Crippen LogP contribution in [0.3, 0.4) is 0 Å². The molecule has 0 radical (unpaired) electrons. The minimum absolute atomic E-state index is 0.0319. The van der Waals surface area contributed by atoms with Gasteiger partial charge >= 0.3 is 0 Å². The van der Waals surface area contributed by atoms with Crippen molar-refractivity contribution in [1.82, 2.24) is 0 Å². The molecule has 80 valence electrons. The first-order chi connectivity index (χ1) is 7.31. The Bertz CT molecular complexity index is 357. The molecule has 3 heteroatoms. The molecule has 0 aliphatic heterocycles. The summed E-state index contributed by atoms with van der Waals surface area (Å²) in [4.78, 5) is 10.7. The van der Waals surface area contributed by atoms with Crippen molar-refractivity contribution < 1.29 is 13.9 Å². The SMILES string of the molecule is O=Cc1c(F)cccc1OC1CCCC1. The van der Waals surface area contributed by atoms with E-state index < -0.39 is 5.82 Å². The van der Waals surface area contributed by atoms with Crippen LogP contribution in [0.25, 0.3) is 0 Å². The van der Waals surface area contributed by atoms with Gasteiger partial charge in [0.2, 0.25) is 0 Å². The summed E-state index contributed by atoms with van der Waals surface area (Å²) in [6, 6.07) is 4.48. The predicted octanol–water partition coefficient (Wildman–Crippen LogP) is 2.96. The molecule has 1 aliphatic rings. The third kappa shape index (κ3) is 2.17. The highest BCUT2D eigenvalue weighted by Crippen LogP contribution is 2.26. The first-order valence-corrected chi connectivity index (χ1v) is 5.21. The molecule has 0 spiro atoms. The Labute approximate surface area is 88.1 Å². The van der Waals surface area contributed by atoms with Crippen molar-refractivity contribution in [2.24, 2.45) is 0 Å². The summed E-state index contributed by atoms with van der Waals surface area (Å²) in [6.07, 6.45) is 4.95. The van der Waals surface area contributed by atoms with E-state index >= 15 is 0 Å². The van der Waals surface area contributed by atoms with Crippen LogP contribution >= 0.6 is 0 Å². The summed E-state index contributed by atoms with van der Waals surface area (Å²) in [7, 11) is 0. The number of hydrogen-bond acceptors (Lipinski definition) is 2. The predicted molar refractivity (Wildman–Crippen MR) is 54.7 cm³/mol. The summed E-state index contributed by atoms with van der Waals surface area (Å²) in [6.45, 7) is 0. The van der Waals surface area contributed by atoms with Crippen LogP contribution in [0.2, 0.25) is 0 Å². The van der Waals surface area contributed by atoms with E-state index in [0.717, 1.165) is 25.7 Å². The number of halogens is 1. The molecule has 1 saturated carbocycles. The van der Waals surface area contributed by atoms with E-state index in [-0.39, 0.29) is 11.7 Å². The lowest BCUT2D eigenvalue weighted by Gasteiger charge is -2.14. The van der Waals surface area contributed by atoms with Gasteiger partial charge in [0.25, 0.3) is 0 Å². The second-order valence-corrected chi connectivity index (χ2v) is 3.79. The lowest BCUT2D eigenvalue weighted by atomic mass is 10.2. The van der Waals surface area contributed by atoms with Crippen molar-refractivity contribution in [1.29, 1.82) is 0 Å². The molecule has 0 N–H and O–H groups in total. The molecule has 0 heterocycles. The van der Waals surface area contributed by atoms with Gasteiger partial charge in [-0.1, -0.05) is 6.07 Å². The molecule has 0 atom stereocenters. The van der Waals surface area contributed by atoms with E-state index in [9.17, 15) is 9.18 Å². The van der Waals surface area contributed by atoms with Gasteiger partial charge in [0.1, 0.15) is 11.6 Å². The molecule has 0 unspecified atom stereocenters. The highest BCUT2D eigenvalue weighted by Gasteiger charge is 2.18. The zero-order valence-corrected chi connectivity index (χ0v) is 8.41. The van der Waals surface area contributed by atoms with Gasteiger partial charge in [-0.15, -0.1) is 0 Å². The fraction of sp³-hybridized carbons (Fsp3) is 0.417. The number of benzene rings is 1. The first-order valence-electron chi connectivity index (χ1n) is 5.21. The maximum atomic E-state index is 13.2. The highest BCUT2D eigenvalue weighted by molar-refractivity contribution is 5.79. The third-order valence-electron chi connectivity index (χ3n) is 2.73. The van der Waals surface area contributed by atoms with E-state index in [1.807, 2.05) is 0 Å². The summed E-state index contributed by atoms with van der Waals surface area (Å²) < 4.78 is 18.8. The molecule has 15 heavy (non-hydrogen) atoms. The normalized spacial score (nSPS) is 16.6. The van der Waals surface area contributed by atoms with E-state index in [4.69, 9.17) is 4.74 Å². The Morgan fingerprint density at radius 3 is 2.73 bits per heavy atom. The first kappa shape index (κ1) is 10.1. The van der Waals surface area contributed by atoms with E-state index in [0.29, 0.717) is 12.0 Å². The number of ether oxygens (including phenoxy) is 1. The summed E-state index contributed by atoms with van der Waals surface area (Å²) in [5.41, 5.74) is 0.0319. The van der Waals surface area contributed by atoms with Crippen LogP contribution in [0.15, 0.2) is 18.2 Å². The van der Waals surface area contributed by atoms with Gasteiger partial charge in [-0.05, 0) is 37.8 Å². The van der Waals surface area contributed by atoms with Crippen molar-refractivity contribution >= 4 is 6.29 Å². The van der Waals surface area contributed by atoms with Gasteiger partial charge in [-0.3, -0.25) is 4.79 Å². The van der Waals surface area contributed by atoms with Crippen LogP contribution in [-0.2, 0) is 0 Å². The fourth-order valence-corrected chi connectivity index (χ4v) is 1.92. The molecule has 2 nitrogen and oxygen atoms in total. The van der Waals surface area contributed by atoms with E-state index in [1.54, 1.807) is 12.1 Å². The van der Waals surface area contributed by atoms with Gasteiger partial charge in [-0.2, -0.15) is 0 Å². The molecule has 0 amide bonds. The lowest BCUT2D eigenvalue weighted by molar-refractivity contribution is 0.111. The molecule has 2 rings (SSSR count). The fourth-order valence-electron chi connectivity index (χ4n) is 1.92. The standard InChI is InChI=1S/C12H13FO2/c13-11-6-3-7-12(10(11)8-14)15-9-4-1-2-5-9/h3,6-9H,1-2,4-5H2. The topological polar surface area (TPSA) is 26.3 Å². The second kappa shape index (κ2) is 4.43. The van der Waals surface area contributed by atoms with Crippen molar-refractivity contribution in [3.63, 3.8) is 0 Å². The molecule has 0 bridgehead atoms. The van der Waals surface area contributed by atoms with Crippen LogP contribution in [0.1, 0.15) is 36.0 Å². The molecule has 0 saturated heterocycles. The molecule has 1 aromatic rings. The molecule has 0 aromatic heterocycles. The molecule has 1 aliphatic carbocycles. The second-order valence-electron chi connectivity index (χ2n) is 3.79. The average Bonchev–Trinajstić information content (AvgIpc) is 2.71. The van der Waals surface area contributed by atoms with Crippen LogP contribution in [-0.4, -0.2) is 12.4 Å². The van der Waals surface area contributed by atoms with Crippen molar-refractivity contribution in [2.75, 3.05) is 0 Å². The Kier molecular flexibility index (Phi) is 2.99. The summed E-state index contributed by atoms with van der Waals surface area (Å²) in [5.74, 6) is -0.141. The van der Waals surface area contributed by atoms with Gasteiger partial charge in [0, 0.05) is 0 Å². The van der Waals surface area contributed by atoms with Crippen LogP contribution in [0.4, 0.5) is 4.39 Å². The quantitative estimate of drug-likeness (QED) is 0.714. The Balaban J connectivity index is 2.19. The maximum Gasteiger partial charge on any atom is 0.156 e. The third-order valence-corrected chi connectivity index (χ3v) is 2.73. The minimum atomic E-state index is -0.513. The number of carbonyl (C=O) groups is 1. The Morgan fingerprint density at radius 1 is 1.33 bits per heavy atom. The smallest absolute Gasteiger partial charge is 0.156 e. The van der Waals surface area contributed by atoms with Crippen molar-refractivity contribution in [2.45, 2.75) is 31.8 Å². The molecule has 1 aromatic carbocycles. The maximum absolute atomic E-state index is 13.2. The van der Waals surface area contributed by atoms with Gasteiger partial charge in [-0.25, -0.2) is 4.39 Å². The Hall–Kier alpha value is -1.38. The van der Waals surface area contributed by atoms with Gasteiger partial charge < -0.3 is 4.74 Å². The lowest BCUT2D eigenvalue weighted by Crippen LogP contribution is -2.12. The summed E-state index contributed by atoms with van der Waals surface area (Å²) in [5, 5.41) is 0. The van der Waals surface area contributed by atoms with Crippen LogP contribution in [0, 0.1) is 5.82 Å². The van der Waals surface area contributed by atoms with Gasteiger partial charge in [0.05, 0.1) is 11.7 Å². The average molecular weight is 208 g/mol.